The van der Waals surface area contributed by atoms with E-state index >= 15 is 0 Å². The van der Waals surface area contributed by atoms with Crippen LogP contribution in [-0.2, 0) is 9.59 Å². The van der Waals surface area contributed by atoms with Crippen molar-refractivity contribution in [2.75, 3.05) is 44.4 Å². The topological polar surface area (TPSA) is 99.8 Å². The van der Waals surface area contributed by atoms with E-state index in [1.165, 1.54) is 0 Å². The molecule has 0 saturated heterocycles. The lowest BCUT2D eigenvalue weighted by molar-refractivity contribution is -0.119. The zero-order valence-electron chi connectivity index (χ0n) is 16.8. The van der Waals surface area contributed by atoms with Gasteiger partial charge >= 0.3 is 0 Å². The van der Waals surface area contributed by atoms with Gasteiger partial charge in [0.2, 0.25) is 11.8 Å². The number of carbonyl (C=O) groups excluding carboxylic acids is 3. The minimum Gasteiger partial charge on any atom is -0.497 e. The predicted octanol–water partition coefficient (Wildman–Crippen LogP) is 1.95. The molecule has 0 aliphatic rings. The number of anilines is 2. The molecule has 3 N–H and O–H groups in total. The Kier molecular flexibility index (Phi) is 8.17. The molecule has 3 amide bonds. The maximum atomic E-state index is 12.3. The highest BCUT2D eigenvalue weighted by molar-refractivity contribution is 5.96. The Balaban J connectivity index is 1.87. The van der Waals surface area contributed by atoms with Gasteiger partial charge in [0.15, 0.2) is 0 Å². The van der Waals surface area contributed by atoms with Crippen molar-refractivity contribution in [3.63, 3.8) is 0 Å². The summed E-state index contributed by atoms with van der Waals surface area (Å²) in [4.78, 5) is 37.9. The number of amides is 3. The SMILES string of the molecule is CCN(CC(=O)Nc1ccc(C(=O)NC)cc1)CC(=O)Nc1cccc(OC)c1. The minimum absolute atomic E-state index is 0.0687. The summed E-state index contributed by atoms with van der Waals surface area (Å²) in [5.41, 5.74) is 1.72. The van der Waals surface area contributed by atoms with Crippen molar-refractivity contribution < 1.29 is 19.1 Å². The predicted molar refractivity (Wildman–Crippen MR) is 112 cm³/mol. The van der Waals surface area contributed by atoms with Crippen LogP contribution < -0.4 is 20.7 Å². The van der Waals surface area contributed by atoms with Gasteiger partial charge in [-0.05, 0) is 42.9 Å². The first kappa shape index (κ1) is 21.9. The van der Waals surface area contributed by atoms with Gasteiger partial charge in [-0.2, -0.15) is 0 Å². The Morgan fingerprint density at radius 1 is 0.931 bits per heavy atom. The van der Waals surface area contributed by atoms with Crippen LogP contribution in [0, 0.1) is 0 Å². The summed E-state index contributed by atoms with van der Waals surface area (Å²) in [6.45, 7) is 2.56. The van der Waals surface area contributed by atoms with Crippen LogP contribution in [-0.4, -0.2) is 56.4 Å². The van der Waals surface area contributed by atoms with Gasteiger partial charge in [-0.15, -0.1) is 0 Å². The van der Waals surface area contributed by atoms with Gasteiger partial charge in [0.25, 0.3) is 5.91 Å². The van der Waals surface area contributed by atoms with Gasteiger partial charge < -0.3 is 20.7 Å². The molecule has 8 nitrogen and oxygen atoms in total. The van der Waals surface area contributed by atoms with Crippen LogP contribution in [0.4, 0.5) is 11.4 Å². The highest BCUT2D eigenvalue weighted by Gasteiger charge is 2.14. The largest absolute Gasteiger partial charge is 0.497 e. The molecule has 0 aliphatic carbocycles. The molecule has 8 heteroatoms. The maximum Gasteiger partial charge on any atom is 0.251 e. The van der Waals surface area contributed by atoms with Crippen LogP contribution in [0.2, 0.25) is 0 Å². The fraction of sp³-hybridized carbons (Fsp3) is 0.286. The standard InChI is InChI=1S/C21H26N4O4/c1-4-25(14-20(27)24-17-6-5-7-18(12-17)29-3)13-19(26)23-16-10-8-15(9-11-16)21(28)22-2/h5-12H,4,13-14H2,1-3H3,(H,22,28)(H,23,26)(H,24,27). The Hall–Kier alpha value is -3.39. The van der Waals surface area contributed by atoms with Crippen molar-refractivity contribution in [1.29, 1.82) is 0 Å². The maximum absolute atomic E-state index is 12.3. The normalized spacial score (nSPS) is 10.3. The molecule has 0 spiro atoms. The number of methoxy groups -OCH3 is 1. The van der Waals surface area contributed by atoms with Crippen molar-refractivity contribution in [2.24, 2.45) is 0 Å². The lowest BCUT2D eigenvalue weighted by Crippen LogP contribution is -2.38. The molecular weight excluding hydrogens is 372 g/mol. The molecule has 0 bridgehead atoms. The molecule has 2 aromatic carbocycles. The highest BCUT2D eigenvalue weighted by Crippen LogP contribution is 2.16. The second-order valence-electron chi connectivity index (χ2n) is 6.29. The van der Waals surface area contributed by atoms with Crippen LogP contribution in [0.3, 0.4) is 0 Å². The van der Waals surface area contributed by atoms with E-state index in [1.807, 2.05) is 6.92 Å². The van der Waals surface area contributed by atoms with E-state index < -0.39 is 0 Å². The Labute approximate surface area is 170 Å². The summed E-state index contributed by atoms with van der Waals surface area (Å²) in [7, 11) is 3.12. The van der Waals surface area contributed by atoms with Crippen LogP contribution in [0.25, 0.3) is 0 Å². The molecule has 0 saturated carbocycles. The van der Waals surface area contributed by atoms with E-state index in [4.69, 9.17) is 4.74 Å². The van der Waals surface area contributed by atoms with Crippen LogP contribution >= 0.6 is 0 Å². The van der Waals surface area contributed by atoms with Crippen molar-refractivity contribution >= 4 is 29.1 Å². The van der Waals surface area contributed by atoms with E-state index in [-0.39, 0.29) is 30.8 Å². The monoisotopic (exact) mass is 398 g/mol. The van der Waals surface area contributed by atoms with Crippen LogP contribution in [0.15, 0.2) is 48.5 Å². The molecule has 0 heterocycles. The number of hydrogen-bond acceptors (Lipinski definition) is 5. The number of hydrogen-bond donors (Lipinski definition) is 3. The van der Waals surface area contributed by atoms with E-state index in [1.54, 1.807) is 67.6 Å². The number of nitrogens with one attached hydrogen (secondary N) is 3. The molecule has 0 aliphatic heterocycles. The minimum atomic E-state index is -0.242. The summed E-state index contributed by atoms with van der Waals surface area (Å²) in [6.07, 6.45) is 0. The number of carbonyl (C=O) groups is 3. The Morgan fingerprint density at radius 3 is 2.10 bits per heavy atom. The number of rotatable bonds is 9. The average molecular weight is 398 g/mol. The Morgan fingerprint density at radius 2 is 1.55 bits per heavy atom. The second-order valence-corrected chi connectivity index (χ2v) is 6.29. The zero-order chi connectivity index (χ0) is 21.2. The van der Waals surface area contributed by atoms with Crippen molar-refractivity contribution in [3.05, 3.63) is 54.1 Å². The van der Waals surface area contributed by atoms with Crippen molar-refractivity contribution in [2.45, 2.75) is 6.92 Å². The number of benzene rings is 2. The summed E-state index contributed by atoms with van der Waals surface area (Å²) in [5.74, 6) is -0.00407. The molecule has 29 heavy (non-hydrogen) atoms. The van der Waals surface area contributed by atoms with Gasteiger partial charge in [-0.1, -0.05) is 13.0 Å². The molecule has 0 unspecified atom stereocenters. The van der Waals surface area contributed by atoms with Crippen LogP contribution in [0.5, 0.6) is 5.75 Å². The smallest absolute Gasteiger partial charge is 0.251 e. The molecule has 154 valence electrons. The number of ether oxygens (including phenoxy) is 1. The summed E-state index contributed by atoms with van der Waals surface area (Å²) < 4.78 is 5.14. The fourth-order valence-electron chi connectivity index (χ4n) is 2.64. The first-order valence-electron chi connectivity index (χ1n) is 9.23. The molecule has 0 atom stereocenters. The second kappa shape index (κ2) is 10.8. The van der Waals surface area contributed by atoms with E-state index in [9.17, 15) is 14.4 Å². The third-order valence-corrected chi connectivity index (χ3v) is 4.19. The fourth-order valence-corrected chi connectivity index (χ4v) is 2.64. The summed E-state index contributed by atoms with van der Waals surface area (Å²) in [6, 6.07) is 13.7. The molecule has 2 aromatic rings. The van der Waals surface area contributed by atoms with Gasteiger partial charge in [-0.25, -0.2) is 0 Å². The number of likely N-dealkylation sites (N-methyl/N-ethyl adjacent to an activating group) is 1. The third kappa shape index (κ3) is 6.93. The van der Waals surface area contributed by atoms with Crippen molar-refractivity contribution in [3.8, 4) is 5.75 Å². The van der Waals surface area contributed by atoms with E-state index in [0.717, 1.165) is 0 Å². The first-order valence-corrected chi connectivity index (χ1v) is 9.23. The van der Waals surface area contributed by atoms with Crippen molar-refractivity contribution in [1.82, 2.24) is 10.2 Å². The van der Waals surface area contributed by atoms with Gasteiger partial charge in [0.05, 0.1) is 20.2 Å². The van der Waals surface area contributed by atoms with E-state index in [2.05, 4.69) is 16.0 Å². The van der Waals surface area contributed by atoms with Gasteiger partial charge in [0, 0.05) is 30.1 Å². The molecule has 0 aromatic heterocycles. The first-order chi connectivity index (χ1) is 13.9. The van der Waals surface area contributed by atoms with Gasteiger partial charge in [0.1, 0.15) is 5.75 Å². The van der Waals surface area contributed by atoms with Gasteiger partial charge in [-0.3, -0.25) is 19.3 Å². The molecule has 0 fully saturated rings. The van der Waals surface area contributed by atoms with Crippen LogP contribution in [0.1, 0.15) is 17.3 Å². The third-order valence-electron chi connectivity index (χ3n) is 4.19. The Bertz CT molecular complexity index is 852. The highest BCUT2D eigenvalue weighted by atomic mass is 16.5. The summed E-state index contributed by atoms with van der Waals surface area (Å²) in [5, 5.41) is 8.10. The summed E-state index contributed by atoms with van der Waals surface area (Å²) >= 11 is 0. The lowest BCUT2D eigenvalue weighted by atomic mass is 10.2. The number of nitrogens with zero attached hydrogens (tertiary/aromatic N) is 1. The average Bonchev–Trinajstić information content (AvgIpc) is 2.73. The molecule has 0 radical (unpaired) electrons. The quantitative estimate of drug-likeness (QED) is 0.600. The zero-order valence-corrected chi connectivity index (χ0v) is 16.8. The van der Waals surface area contributed by atoms with E-state index in [0.29, 0.717) is 29.2 Å². The molecule has 2 rings (SSSR count). The lowest BCUT2D eigenvalue weighted by Gasteiger charge is -2.19. The molecular formula is C21H26N4O4.